The Bertz CT molecular complexity index is 730. The number of benzene rings is 1. The van der Waals surface area contributed by atoms with Crippen LogP contribution in [-0.2, 0) is 6.54 Å². The van der Waals surface area contributed by atoms with Crippen LogP contribution < -0.4 is 4.74 Å². The molecule has 1 aliphatic carbocycles. The van der Waals surface area contributed by atoms with Crippen molar-refractivity contribution >= 4 is 5.57 Å². The van der Waals surface area contributed by atoms with Crippen LogP contribution in [0.25, 0.3) is 5.57 Å². The quantitative estimate of drug-likeness (QED) is 0.930. The van der Waals surface area contributed by atoms with Gasteiger partial charge in [-0.15, -0.1) is 0 Å². The molecule has 114 valence electrons. The van der Waals surface area contributed by atoms with Gasteiger partial charge in [-0.25, -0.2) is 4.39 Å². The maximum atomic E-state index is 13.8. The lowest BCUT2D eigenvalue weighted by molar-refractivity contribution is 0.298. The van der Waals surface area contributed by atoms with Gasteiger partial charge in [-0.2, -0.15) is 0 Å². The summed E-state index contributed by atoms with van der Waals surface area (Å²) < 4.78 is 19.8. The average Bonchev–Trinajstić information content (AvgIpc) is 3.21. The number of aromatic amines is 1. The number of rotatable bonds is 4. The molecule has 0 radical (unpaired) electrons. The number of nitrogens with one attached hydrogen (secondary N) is 1. The highest BCUT2D eigenvalue weighted by Crippen LogP contribution is 2.37. The molecule has 2 heterocycles. The van der Waals surface area contributed by atoms with Crippen LogP contribution in [0.3, 0.4) is 0 Å². The summed E-state index contributed by atoms with van der Waals surface area (Å²) in [6.45, 7) is 1.56. The lowest BCUT2D eigenvalue weighted by Crippen LogP contribution is -2.17. The van der Waals surface area contributed by atoms with E-state index in [4.69, 9.17) is 4.74 Å². The van der Waals surface area contributed by atoms with E-state index in [1.165, 1.54) is 18.9 Å². The van der Waals surface area contributed by atoms with Crippen LogP contribution in [0.2, 0.25) is 0 Å². The number of hydrogen-bond donors (Lipinski definition) is 1. The zero-order valence-electron chi connectivity index (χ0n) is 12.6. The van der Waals surface area contributed by atoms with E-state index in [2.05, 4.69) is 16.1 Å². The third-order valence-electron chi connectivity index (χ3n) is 4.28. The van der Waals surface area contributed by atoms with Crippen molar-refractivity contribution in [3.8, 4) is 5.75 Å². The second-order valence-corrected chi connectivity index (χ2v) is 6.22. The van der Waals surface area contributed by atoms with Crippen LogP contribution in [0, 0.1) is 11.7 Å². The predicted molar refractivity (Wildman–Crippen MR) is 84.0 cm³/mol. The topological polar surface area (TPSA) is 28.3 Å². The Labute approximate surface area is 129 Å². The van der Waals surface area contributed by atoms with Crippen LogP contribution in [0.4, 0.5) is 4.39 Å². The molecule has 1 aliphatic heterocycles. The predicted octanol–water partition coefficient (Wildman–Crippen LogP) is 3.78. The number of nitrogens with zero attached hydrogens (tertiary/aromatic N) is 1. The first-order valence-electron chi connectivity index (χ1n) is 7.72. The Kier molecular flexibility index (Phi) is 3.17. The number of H-pyrrole nitrogens is 1. The zero-order valence-corrected chi connectivity index (χ0v) is 12.6. The summed E-state index contributed by atoms with van der Waals surface area (Å²) in [6, 6.07) is 6.83. The first kappa shape index (κ1) is 13.4. The number of hydrogen-bond acceptors (Lipinski definition) is 2. The molecule has 2 aliphatic rings. The molecule has 0 spiro atoms. The summed E-state index contributed by atoms with van der Waals surface area (Å²) in [5, 5.41) is 0. The van der Waals surface area contributed by atoms with E-state index in [1.54, 1.807) is 12.1 Å². The van der Waals surface area contributed by atoms with Crippen molar-refractivity contribution in [1.82, 2.24) is 9.88 Å². The molecular weight excluding hydrogens is 279 g/mol. The molecule has 1 saturated carbocycles. The van der Waals surface area contributed by atoms with Gasteiger partial charge in [-0.05, 0) is 43.0 Å². The van der Waals surface area contributed by atoms with Crippen molar-refractivity contribution in [3.05, 3.63) is 59.3 Å². The van der Waals surface area contributed by atoms with Gasteiger partial charge in [-0.3, -0.25) is 0 Å². The second-order valence-electron chi connectivity index (χ2n) is 6.22. The highest BCUT2D eigenvalue weighted by Gasteiger charge is 2.24. The van der Waals surface area contributed by atoms with Crippen molar-refractivity contribution in [2.24, 2.45) is 5.92 Å². The molecule has 3 nitrogen and oxygen atoms in total. The van der Waals surface area contributed by atoms with E-state index >= 15 is 0 Å². The molecule has 22 heavy (non-hydrogen) atoms. The smallest absolute Gasteiger partial charge is 0.127 e. The number of ether oxygens (including phenoxy) is 1. The monoisotopic (exact) mass is 298 g/mol. The molecule has 4 rings (SSSR count). The largest absolute Gasteiger partial charge is 0.493 e. The van der Waals surface area contributed by atoms with Crippen molar-refractivity contribution in [3.63, 3.8) is 0 Å². The van der Waals surface area contributed by atoms with Gasteiger partial charge in [0, 0.05) is 41.8 Å². The zero-order chi connectivity index (χ0) is 15.1. The van der Waals surface area contributed by atoms with Gasteiger partial charge in [0.1, 0.15) is 11.6 Å². The van der Waals surface area contributed by atoms with Crippen molar-refractivity contribution in [2.75, 3.05) is 13.7 Å². The summed E-state index contributed by atoms with van der Waals surface area (Å²) in [4.78, 5) is 5.37. The van der Waals surface area contributed by atoms with Gasteiger partial charge in [0.25, 0.3) is 0 Å². The molecule has 1 fully saturated rings. The summed E-state index contributed by atoms with van der Waals surface area (Å²) in [5.41, 5.74) is 4.11. The van der Waals surface area contributed by atoms with Gasteiger partial charge in [0.05, 0.1) is 13.2 Å². The molecule has 0 bridgehead atoms. The molecule has 1 aromatic heterocycles. The van der Waals surface area contributed by atoms with Crippen LogP contribution in [0.5, 0.6) is 5.75 Å². The summed E-state index contributed by atoms with van der Waals surface area (Å²) in [6.07, 6.45) is 6.48. The Hall–Kier alpha value is -2.23. The minimum atomic E-state index is -0.236. The van der Waals surface area contributed by atoms with Crippen LogP contribution in [-0.4, -0.2) is 23.5 Å². The third-order valence-corrected chi connectivity index (χ3v) is 4.28. The highest BCUT2D eigenvalue weighted by molar-refractivity contribution is 5.84. The Morgan fingerprint density at radius 1 is 1.27 bits per heavy atom. The molecule has 0 saturated heterocycles. The average molecular weight is 298 g/mol. The molecule has 4 heteroatoms. The van der Waals surface area contributed by atoms with Crippen LogP contribution >= 0.6 is 0 Å². The molecule has 0 amide bonds. The van der Waals surface area contributed by atoms with Crippen LogP contribution in [0.1, 0.15) is 29.7 Å². The molecule has 1 aromatic carbocycles. The lowest BCUT2D eigenvalue weighted by atomic mass is 9.95. The molecule has 1 N–H and O–H groups in total. The highest BCUT2D eigenvalue weighted by atomic mass is 19.1. The molecule has 0 atom stereocenters. The first-order chi connectivity index (χ1) is 10.7. The van der Waals surface area contributed by atoms with E-state index in [0.29, 0.717) is 5.92 Å². The van der Waals surface area contributed by atoms with Gasteiger partial charge in [0.15, 0.2) is 0 Å². The molecule has 2 aromatic rings. The van der Waals surface area contributed by atoms with E-state index in [1.807, 2.05) is 19.3 Å². The summed E-state index contributed by atoms with van der Waals surface area (Å²) >= 11 is 0. The van der Waals surface area contributed by atoms with Gasteiger partial charge in [0.2, 0.25) is 0 Å². The lowest BCUT2D eigenvalue weighted by Gasteiger charge is -2.24. The Morgan fingerprint density at radius 2 is 2.14 bits per heavy atom. The molecule has 0 unspecified atom stereocenters. The van der Waals surface area contributed by atoms with E-state index in [0.717, 1.165) is 41.3 Å². The van der Waals surface area contributed by atoms with Crippen molar-refractivity contribution < 1.29 is 9.13 Å². The third kappa shape index (κ3) is 2.49. The maximum absolute atomic E-state index is 13.8. The Morgan fingerprint density at radius 3 is 2.95 bits per heavy atom. The van der Waals surface area contributed by atoms with Gasteiger partial charge < -0.3 is 14.6 Å². The maximum Gasteiger partial charge on any atom is 0.127 e. The summed E-state index contributed by atoms with van der Waals surface area (Å²) in [5.74, 6) is 1.20. The number of halogens is 1. The minimum Gasteiger partial charge on any atom is -0.493 e. The second kappa shape index (κ2) is 5.20. The van der Waals surface area contributed by atoms with E-state index in [-0.39, 0.29) is 5.82 Å². The fourth-order valence-corrected chi connectivity index (χ4v) is 2.92. The van der Waals surface area contributed by atoms with Crippen molar-refractivity contribution in [2.45, 2.75) is 19.4 Å². The SMILES string of the molecule is CN1C=C(c2cc(F)ccc2OCC2CC2)c2cc[nH]c2C1. The standard InChI is InChI=1S/C18H19FN2O/c1-21-9-16(14-6-7-20-17(14)10-21)15-8-13(19)4-5-18(15)22-11-12-2-3-12/h4-9,12,20H,2-3,10-11H2,1H3. The normalized spacial score (nSPS) is 17.2. The van der Waals surface area contributed by atoms with Gasteiger partial charge in [-0.1, -0.05) is 0 Å². The van der Waals surface area contributed by atoms with Crippen molar-refractivity contribution in [1.29, 1.82) is 0 Å². The Balaban J connectivity index is 1.75. The number of aromatic nitrogens is 1. The fourth-order valence-electron chi connectivity index (χ4n) is 2.92. The van der Waals surface area contributed by atoms with Gasteiger partial charge >= 0.3 is 0 Å². The first-order valence-corrected chi connectivity index (χ1v) is 7.72. The van der Waals surface area contributed by atoms with Crippen LogP contribution in [0.15, 0.2) is 36.7 Å². The van der Waals surface area contributed by atoms with E-state index in [9.17, 15) is 4.39 Å². The number of fused-ring (bicyclic) bond motifs is 1. The fraction of sp³-hybridized carbons (Fsp3) is 0.333. The summed E-state index contributed by atoms with van der Waals surface area (Å²) in [7, 11) is 2.02. The minimum absolute atomic E-state index is 0.236. The van der Waals surface area contributed by atoms with E-state index < -0.39 is 0 Å². The molecular formula is C18H19FN2O.